The monoisotopic (exact) mass is 532 g/mol. The lowest BCUT2D eigenvalue weighted by atomic mass is 10.1. The summed E-state index contributed by atoms with van der Waals surface area (Å²) in [5, 5.41) is 0.749. The fourth-order valence-electron chi connectivity index (χ4n) is 4.45. The maximum absolute atomic E-state index is 13.1. The Morgan fingerprint density at radius 1 is 0.919 bits per heavy atom. The molecule has 1 fully saturated rings. The number of nitrogens with zero attached hydrogens (tertiary/aromatic N) is 3. The molecule has 0 spiro atoms. The number of rotatable bonds is 7. The summed E-state index contributed by atoms with van der Waals surface area (Å²) >= 11 is 1.82. The van der Waals surface area contributed by atoms with E-state index in [2.05, 4.69) is 45.8 Å². The number of fused-ring (bicyclic) bond motifs is 1. The zero-order chi connectivity index (χ0) is 25.8. The molecule has 7 nitrogen and oxygen atoms in total. The van der Waals surface area contributed by atoms with Gasteiger partial charge in [0.2, 0.25) is 0 Å². The van der Waals surface area contributed by atoms with Gasteiger partial charge in [-0.25, -0.2) is 8.42 Å². The second-order valence-electron chi connectivity index (χ2n) is 8.72. The van der Waals surface area contributed by atoms with E-state index in [0.717, 1.165) is 24.2 Å². The Morgan fingerprint density at radius 2 is 1.62 bits per heavy atom. The van der Waals surface area contributed by atoms with Crippen LogP contribution in [0.25, 0.3) is 10.9 Å². The van der Waals surface area contributed by atoms with Crippen molar-refractivity contribution in [2.45, 2.75) is 16.7 Å². The first-order valence-electron chi connectivity index (χ1n) is 12.2. The standard InChI is InChI=1S/C28H28N4O3S2/c1-2-36-25-14-12-24(13-15-25)31-17-19-32(20-18-31)28(33)22-8-10-23(11-9-22)30-37(34,35)26-7-3-5-21-6-4-16-29-27(21)26/h3-16,30H,2,17-20H2,1H3. The molecular weight excluding hydrogens is 504 g/mol. The molecule has 0 aliphatic carbocycles. The molecule has 1 aliphatic heterocycles. The quantitative estimate of drug-likeness (QED) is 0.333. The zero-order valence-corrected chi connectivity index (χ0v) is 22.1. The number of piperazine rings is 1. The molecule has 1 N–H and O–H groups in total. The van der Waals surface area contributed by atoms with Crippen molar-refractivity contribution in [2.75, 3.05) is 41.6 Å². The highest BCUT2D eigenvalue weighted by Gasteiger charge is 2.23. The second-order valence-corrected chi connectivity index (χ2v) is 11.7. The highest BCUT2D eigenvalue weighted by Crippen LogP contribution is 2.25. The number of amides is 1. The lowest BCUT2D eigenvalue weighted by Crippen LogP contribution is -2.48. The molecule has 4 aromatic rings. The maximum Gasteiger partial charge on any atom is 0.264 e. The van der Waals surface area contributed by atoms with Gasteiger partial charge >= 0.3 is 0 Å². The molecule has 0 radical (unpaired) electrons. The number of carbonyl (C=O) groups is 1. The van der Waals surface area contributed by atoms with Gasteiger partial charge in [-0.15, -0.1) is 11.8 Å². The van der Waals surface area contributed by atoms with Crippen LogP contribution in [0.2, 0.25) is 0 Å². The van der Waals surface area contributed by atoms with Crippen LogP contribution >= 0.6 is 11.8 Å². The molecule has 0 unspecified atom stereocenters. The largest absolute Gasteiger partial charge is 0.368 e. The summed E-state index contributed by atoms with van der Waals surface area (Å²) in [6, 6.07) is 23.8. The Balaban J connectivity index is 1.22. The summed E-state index contributed by atoms with van der Waals surface area (Å²) in [5.74, 6) is 0.997. The summed E-state index contributed by atoms with van der Waals surface area (Å²) in [6.45, 7) is 4.94. The van der Waals surface area contributed by atoms with E-state index in [1.165, 1.54) is 16.6 Å². The number of benzene rings is 3. The van der Waals surface area contributed by atoms with E-state index in [1.54, 1.807) is 42.6 Å². The predicted molar refractivity (Wildman–Crippen MR) is 150 cm³/mol. The van der Waals surface area contributed by atoms with Gasteiger partial charge in [-0.05, 0) is 66.4 Å². The van der Waals surface area contributed by atoms with Crippen LogP contribution in [0.1, 0.15) is 17.3 Å². The molecule has 1 saturated heterocycles. The number of carbonyl (C=O) groups excluding carboxylic acids is 1. The Kier molecular flexibility index (Phi) is 7.34. The van der Waals surface area contributed by atoms with E-state index in [1.807, 2.05) is 28.8 Å². The Hall–Kier alpha value is -3.56. The van der Waals surface area contributed by atoms with Gasteiger partial charge in [0, 0.05) is 59.6 Å². The van der Waals surface area contributed by atoms with E-state index < -0.39 is 10.0 Å². The van der Waals surface area contributed by atoms with Crippen molar-refractivity contribution in [3.8, 4) is 0 Å². The lowest BCUT2D eigenvalue weighted by molar-refractivity contribution is 0.0747. The van der Waals surface area contributed by atoms with Gasteiger partial charge in [0.15, 0.2) is 0 Å². The SMILES string of the molecule is CCSc1ccc(N2CCN(C(=O)c3ccc(NS(=O)(=O)c4cccc5cccnc45)cc3)CC2)cc1. The molecule has 190 valence electrons. The summed E-state index contributed by atoms with van der Waals surface area (Å²) in [5.41, 5.74) is 2.51. The molecule has 37 heavy (non-hydrogen) atoms. The Morgan fingerprint density at radius 3 is 2.32 bits per heavy atom. The van der Waals surface area contributed by atoms with Crippen molar-refractivity contribution in [1.82, 2.24) is 9.88 Å². The van der Waals surface area contributed by atoms with Crippen molar-refractivity contribution in [3.63, 3.8) is 0 Å². The number of aromatic nitrogens is 1. The van der Waals surface area contributed by atoms with Crippen molar-refractivity contribution in [2.24, 2.45) is 0 Å². The van der Waals surface area contributed by atoms with Gasteiger partial charge in [0.05, 0.1) is 5.52 Å². The number of thioether (sulfide) groups is 1. The van der Waals surface area contributed by atoms with E-state index in [0.29, 0.717) is 29.9 Å². The number of hydrogen-bond donors (Lipinski definition) is 1. The average molecular weight is 533 g/mol. The van der Waals surface area contributed by atoms with Gasteiger partial charge in [-0.2, -0.15) is 0 Å². The Bertz CT molecular complexity index is 1490. The lowest BCUT2D eigenvalue weighted by Gasteiger charge is -2.36. The maximum atomic E-state index is 13.1. The molecule has 0 saturated carbocycles. The molecular formula is C28H28N4O3S2. The van der Waals surface area contributed by atoms with Gasteiger partial charge in [-0.3, -0.25) is 14.5 Å². The first kappa shape index (κ1) is 25.1. The minimum atomic E-state index is -3.85. The molecule has 1 amide bonds. The zero-order valence-electron chi connectivity index (χ0n) is 20.5. The molecule has 1 aromatic heterocycles. The van der Waals surface area contributed by atoms with Crippen LogP contribution in [0.3, 0.4) is 0 Å². The van der Waals surface area contributed by atoms with E-state index in [9.17, 15) is 13.2 Å². The average Bonchev–Trinajstić information content (AvgIpc) is 2.93. The molecule has 9 heteroatoms. The van der Waals surface area contributed by atoms with E-state index in [4.69, 9.17) is 0 Å². The highest BCUT2D eigenvalue weighted by molar-refractivity contribution is 7.99. The third-order valence-corrected chi connectivity index (χ3v) is 8.66. The van der Waals surface area contributed by atoms with Crippen molar-refractivity contribution in [3.05, 3.63) is 90.6 Å². The van der Waals surface area contributed by atoms with Crippen molar-refractivity contribution in [1.29, 1.82) is 0 Å². The fraction of sp³-hybridized carbons (Fsp3) is 0.214. The number of para-hydroxylation sites is 1. The molecule has 2 heterocycles. The third-order valence-electron chi connectivity index (χ3n) is 6.35. The summed E-state index contributed by atoms with van der Waals surface area (Å²) in [4.78, 5) is 22.8. The number of nitrogens with one attached hydrogen (secondary N) is 1. The van der Waals surface area contributed by atoms with Gasteiger partial charge < -0.3 is 9.80 Å². The normalized spacial score (nSPS) is 14.1. The van der Waals surface area contributed by atoms with Crippen LogP contribution < -0.4 is 9.62 Å². The van der Waals surface area contributed by atoms with Gasteiger partial charge in [-0.1, -0.05) is 25.1 Å². The van der Waals surface area contributed by atoms with Crippen LogP contribution in [0, 0.1) is 0 Å². The summed E-state index contributed by atoms with van der Waals surface area (Å²) < 4.78 is 28.7. The van der Waals surface area contributed by atoms with E-state index in [-0.39, 0.29) is 10.8 Å². The second kappa shape index (κ2) is 10.8. The van der Waals surface area contributed by atoms with Crippen LogP contribution in [-0.2, 0) is 10.0 Å². The predicted octanol–water partition coefficient (Wildman–Crippen LogP) is 5.11. The first-order valence-corrected chi connectivity index (χ1v) is 14.7. The fourth-order valence-corrected chi connectivity index (χ4v) is 6.36. The van der Waals surface area contributed by atoms with Crippen LogP contribution in [0.15, 0.2) is 94.9 Å². The molecule has 0 atom stereocenters. The number of sulfonamides is 1. The van der Waals surface area contributed by atoms with Crippen LogP contribution in [0.5, 0.6) is 0 Å². The number of pyridine rings is 1. The van der Waals surface area contributed by atoms with Crippen molar-refractivity contribution >= 4 is 50.0 Å². The molecule has 1 aliphatic rings. The molecule has 0 bridgehead atoms. The van der Waals surface area contributed by atoms with Gasteiger partial charge in [0.1, 0.15) is 4.90 Å². The van der Waals surface area contributed by atoms with Crippen LogP contribution in [0.4, 0.5) is 11.4 Å². The van der Waals surface area contributed by atoms with Gasteiger partial charge in [0.25, 0.3) is 15.9 Å². The van der Waals surface area contributed by atoms with Crippen LogP contribution in [-0.4, -0.2) is 56.1 Å². The molecule has 3 aromatic carbocycles. The summed E-state index contributed by atoms with van der Waals surface area (Å²) in [6.07, 6.45) is 1.57. The minimum absolute atomic E-state index is 0.0537. The smallest absolute Gasteiger partial charge is 0.264 e. The third kappa shape index (κ3) is 5.57. The summed E-state index contributed by atoms with van der Waals surface area (Å²) in [7, 11) is -3.85. The first-order chi connectivity index (χ1) is 17.9. The Labute approximate surface area is 221 Å². The topological polar surface area (TPSA) is 82.6 Å². The number of anilines is 2. The van der Waals surface area contributed by atoms with E-state index >= 15 is 0 Å². The number of hydrogen-bond acceptors (Lipinski definition) is 6. The molecule has 5 rings (SSSR count). The van der Waals surface area contributed by atoms with Crippen molar-refractivity contribution < 1.29 is 13.2 Å². The minimum Gasteiger partial charge on any atom is -0.368 e. The highest BCUT2D eigenvalue weighted by atomic mass is 32.2.